The Morgan fingerprint density at radius 3 is 2.56 bits per heavy atom. The van der Waals surface area contributed by atoms with Crippen LogP contribution in [0, 0.1) is 17.9 Å². The quantitative estimate of drug-likeness (QED) is 0.374. The third-order valence-corrected chi connectivity index (χ3v) is 1.51. The zero-order chi connectivity index (χ0) is 6.53. The van der Waals surface area contributed by atoms with Gasteiger partial charge in [0, 0.05) is 25.2 Å². The second kappa shape index (κ2) is 3.37. The van der Waals surface area contributed by atoms with E-state index in [1.165, 1.54) is 0 Å². The molecule has 1 aliphatic rings. The molecule has 1 fully saturated rings. The fourth-order valence-electron chi connectivity index (χ4n) is 0.960. The van der Waals surface area contributed by atoms with Crippen LogP contribution in [0.3, 0.4) is 0 Å². The fraction of sp³-hybridized carbons (Fsp3) is 0.714. The minimum absolute atomic E-state index is 0.490. The first-order valence-electron chi connectivity index (χ1n) is 3.22. The van der Waals surface area contributed by atoms with Crippen molar-refractivity contribution in [3.8, 4) is 12.0 Å². The summed E-state index contributed by atoms with van der Waals surface area (Å²) in [5.41, 5.74) is 5.06. The Kier molecular flexibility index (Phi) is 2.41. The van der Waals surface area contributed by atoms with Crippen LogP contribution in [0.1, 0.15) is 12.8 Å². The highest BCUT2D eigenvalue weighted by molar-refractivity contribution is 5.00. The van der Waals surface area contributed by atoms with E-state index in [1.807, 2.05) is 0 Å². The van der Waals surface area contributed by atoms with E-state index in [0.29, 0.717) is 5.92 Å². The molecule has 2 N–H and O–H groups in total. The van der Waals surface area contributed by atoms with Crippen molar-refractivity contribution in [3.63, 3.8) is 0 Å². The molecule has 0 amide bonds. The molecule has 0 aromatic rings. The lowest BCUT2D eigenvalue weighted by molar-refractivity contribution is 0.0807. The summed E-state index contributed by atoms with van der Waals surface area (Å²) in [6, 6.07) is 2.43. The number of hydrogen-bond donors (Lipinski definition) is 1. The molecule has 2 heteroatoms. The van der Waals surface area contributed by atoms with E-state index in [4.69, 9.17) is 10.5 Å². The van der Waals surface area contributed by atoms with Crippen LogP contribution in [-0.4, -0.2) is 13.2 Å². The highest BCUT2D eigenvalue weighted by Gasteiger charge is 2.09. The van der Waals surface area contributed by atoms with Gasteiger partial charge in [-0.15, -0.1) is 0 Å². The molecule has 0 spiro atoms. The Morgan fingerprint density at radius 2 is 2.00 bits per heavy atom. The molecule has 0 aromatic carbocycles. The van der Waals surface area contributed by atoms with Crippen molar-refractivity contribution < 1.29 is 4.74 Å². The Bertz CT molecular complexity index is 128. The number of ether oxygens (including phenoxy) is 1. The maximum absolute atomic E-state index is 5.14. The van der Waals surface area contributed by atoms with Crippen molar-refractivity contribution in [2.75, 3.05) is 13.2 Å². The lowest BCUT2D eigenvalue weighted by Gasteiger charge is -2.16. The van der Waals surface area contributed by atoms with Crippen molar-refractivity contribution in [2.45, 2.75) is 12.8 Å². The standard InChI is InChI=1S/C7H11NO/c8-4-1-7-2-5-9-6-3-7/h7H,2-3,5-6,8H2. The van der Waals surface area contributed by atoms with Gasteiger partial charge in [-0.1, -0.05) is 5.92 Å². The van der Waals surface area contributed by atoms with Crippen molar-refractivity contribution in [2.24, 2.45) is 11.7 Å². The van der Waals surface area contributed by atoms with Crippen LogP contribution in [-0.2, 0) is 4.74 Å². The van der Waals surface area contributed by atoms with Gasteiger partial charge < -0.3 is 10.5 Å². The molecule has 0 radical (unpaired) electrons. The first kappa shape index (κ1) is 6.44. The van der Waals surface area contributed by atoms with Gasteiger partial charge in [-0.3, -0.25) is 0 Å². The van der Waals surface area contributed by atoms with E-state index < -0.39 is 0 Å². The topological polar surface area (TPSA) is 35.2 Å². The van der Waals surface area contributed by atoms with Crippen LogP contribution in [0.2, 0.25) is 0 Å². The van der Waals surface area contributed by atoms with Crippen LogP contribution >= 0.6 is 0 Å². The molecule has 1 saturated heterocycles. The maximum Gasteiger partial charge on any atom is 0.0477 e. The predicted molar refractivity (Wildman–Crippen MR) is 35.5 cm³/mol. The van der Waals surface area contributed by atoms with Crippen LogP contribution in [0.15, 0.2) is 0 Å². The van der Waals surface area contributed by atoms with Gasteiger partial charge in [0.1, 0.15) is 0 Å². The molecular weight excluding hydrogens is 114 g/mol. The largest absolute Gasteiger partial charge is 0.381 e. The van der Waals surface area contributed by atoms with Crippen molar-refractivity contribution in [3.05, 3.63) is 0 Å². The van der Waals surface area contributed by atoms with E-state index >= 15 is 0 Å². The number of nitrogens with two attached hydrogens (primary N) is 1. The fourth-order valence-corrected chi connectivity index (χ4v) is 0.960. The second-order valence-electron chi connectivity index (χ2n) is 2.18. The molecule has 0 saturated carbocycles. The van der Waals surface area contributed by atoms with Crippen molar-refractivity contribution >= 4 is 0 Å². The molecule has 0 bridgehead atoms. The van der Waals surface area contributed by atoms with E-state index in [-0.39, 0.29) is 0 Å². The lowest BCUT2D eigenvalue weighted by Crippen LogP contribution is -2.14. The van der Waals surface area contributed by atoms with Crippen LogP contribution < -0.4 is 5.73 Å². The molecule has 50 valence electrons. The molecule has 0 atom stereocenters. The summed E-state index contributed by atoms with van der Waals surface area (Å²) in [5.74, 6) is 3.42. The first-order chi connectivity index (χ1) is 4.43. The summed E-state index contributed by atoms with van der Waals surface area (Å²) < 4.78 is 5.14. The summed E-state index contributed by atoms with van der Waals surface area (Å²) in [4.78, 5) is 0. The SMILES string of the molecule is NC#CC1CCOCC1. The molecule has 1 rings (SSSR count). The van der Waals surface area contributed by atoms with Gasteiger partial charge in [-0.25, -0.2) is 0 Å². The van der Waals surface area contributed by atoms with Gasteiger partial charge in [-0.05, 0) is 12.8 Å². The summed E-state index contributed by atoms with van der Waals surface area (Å²) in [5, 5.41) is 0. The lowest BCUT2D eigenvalue weighted by atomic mass is 10.0. The van der Waals surface area contributed by atoms with E-state index in [9.17, 15) is 0 Å². The van der Waals surface area contributed by atoms with Crippen LogP contribution in [0.5, 0.6) is 0 Å². The number of rotatable bonds is 0. The maximum atomic E-state index is 5.14. The minimum atomic E-state index is 0.490. The van der Waals surface area contributed by atoms with Gasteiger partial charge in [0.25, 0.3) is 0 Å². The monoisotopic (exact) mass is 125 g/mol. The zero-order valence-electron chi connectivity index (χ0n) is 5.39. The highest BCUT2D eigenvalue weighted by atomic mass is 16.5. The zero-order valence-corrected chi connectivity index (χ0v) is 5.39. The van der Waals surface area contributed by atoms with Gasteiger partial charge in [0.05, 0.1) is 0 Å². The smallest absolute Gasteiger partial charge is 0.0477 e. The Labute approximate surface area is 55.4 Å². The van der Waals surface area contributed by atoms with E-state index in [0.717, 1.165) is 26.1 Å². The summed E-state index contributed by atoms with van der Waals surface area (Å²) in [6.07, 6.45) is 2.09. The molecule has 0 aliphatic carbocycles. The molecule has 0 aromatic heterocycles. The Balaban J connectivity index is 2.28. The molecule has 1 aliphatic heterocycles. The van der Waals surface area contributed by atoms with E-state index in [1.54, 1.807) is 0 Å². The van der Waals surface area contributed by atoms with Gasteiger partial charge in [0.2, 0.25) is 0 Å². The summed E-state index contributed by atoms with van der Waals surface area (Å²) in [6.45, 7) is 1.69. The normalized spacial score (nSPS) is 20.4. The number of hydrogen-bond acceptors (Lipinski definition) is 2. The molecule has 2 nitrogen and oxygen atoms in total. The first-order valence-corrected chi connectivity index (χ1v) is 3.22. The van der Waals surface area contributed by atoms with Gasteiger partial charge >= 0.3 is 0 Å². The predicted octanol–water partition coefficient (Wildman–Crippen LogP) is 0.333. The molecule has 1 heterocycles. The Morgan fingerprint density at radius 1 is 1.33 bits per heavy atom. The Hall–Kier alpha value is -0.680. The minimum Gasteiger partial charge on any atom is -0.381 e. The average molecular weight is 125 g/mol. The summed E-state index contributed by atoms with van der Waals surface area (Å²) >= 11 is 0. The highest BCUT2D eigenvalue weighted by Crippen LogP contribution is 2.12. The van der Waals surface area contributed by atoms with Gasteiger partial charge in [0.15, 0.2) is 0 Å². The third kappa shape index (κ3) is 1.95. The van der Waals surface area contributed by atoms with Crippen LogP contribution in [0.4, 0.5) is 0 Å². The van der Waals surface area contributed by atoms with Crippen molar-refractivity contribution in [1.82, 2.24) is 0 Å². The van der Waals surface area contributed by atoms with Crippen molar-refractivity contribution in [1.29, 1.82) is 0 Å². The molecular formula is C7H11NO. The molecule has 0 unspecified atom stereocenters. The van der Waals surface area contributed by atoms with E-state index in [2.05, 4.69) is 12.0 Å². The average Bonchev–Trinajstić information content (AvgIpc) is 1.91. The second-order valence-corrected chi connectivity index (χ2v) is 2.18. The molecule has 9 heavy (non-hydrogen) atoms. The summed E-state index contributed by atoms with van der Waals surface area (Å²) in [7, 11) is 0. The van der Waals surface area contributed by atoms with Gasteiger partial charge in [-0.2, -0.15) is 0 Å². The third-order valence-electron chi connectivity index (χ3n) is 1.51. The van der Waals surface area contributed by atoms with Crippen LogP contribution in [0.25, 0.3) is 0 Å².